The minimum atomic E-state index is -0.421. The molecule has 1 spiro atoms. The second-order valence-electron chi connectivity index (χ2n) is 10.8. The lowest BCUT2D eigenvalue weighted by Crippen LogP contribution is -2.50. The van der Waals surface area contributed by atoms with Crippen LogP contribution in [0.25, 0.3) is 0 Å². The average Bonchev–Trinajstić information content (AvgIpc) is 3.43. The lowest BCUT2D eigenvalue weighted by atomic mass is 9.69. The summed E-state index contributed by atoms with van der Waals surface area (Å²) >= 11 is 1.60. The van der Waals surface area contributed by atoms with E-state index in [0.29, 0.717) is 30.3 Å². The number of carbonyl (C=O) groups excluding carboxylic acids is 2. The summed E-state index contributed by atoms with van der Waals surface area (Å²) in [5, 5.41) is 6.95. The number of hydrogen-bond donors (Lipinski definition) is 1. The van der Waals surface area contributed by atoms with Gasteiger partial charge in [0, 0.05) is 29.6 Å². The quantitative estimate of drug-likeness (QED) is 0.554. The Hall–Kier alpha value is -2.47. The predicted molar refractivity (Wildman–Crippen MR) is 139 cm³/mol. The fourth-order valence-corrected chi connectivity index (χ4v) is 5.90. The molecule has 2 aromatic rings. The molecule has 0 unspecified atom stereocenters. The Kier molecular flexibility index (Phi) is 7.27. The Morgan fingerprint density at radius 3 is 2.47 bits per heavy atom. The van der Waals surface area contributed by atoms with Crippen LogP contribution in [0.1, 0.15) is 81.3 Å². The third-order valence-corrected chi connectivity index (χ3v) is 8.13. The largest absolute Gasteiger partial charge is 0.352 e. The van der Waals surface area contributed by atoms with Crippen molar-refractivity contribution in [2.24, 2.45) is 16.3 Å². The monoisotopic (exact) mass is 479 g/mol. The van der Waals surface area contributed by atoms with Gasteiger partial charge in [0.2, 0.25) is 0 Å². The summed E-state index contributed by atoms with van der Waals surface area (Å²) in [6.07, 6.45) is 5.70. The molecule has 0 bridgehead atoms. The topological polar surface area (TPSA) is 61.8 Å². The molecule has 1 aliphatic heterocycles. The smallest absolute Gasteiger partial charge is 0.274 e. The maximum absolute atomic E-state index is 13.6. The molecular formula is C28H37N3O2S. The molecule has 1 aromatic heterocycles. The molecule has 2 amide bonds. The highest BCUT2D eigenvalue weighted by Crippen LogP contribution is 2.46. The molecule has 1 fully saturated rings. The second-order valence-corrected chi connectivity index (χ2v) is 11.5. The van der Waals surface area contributed by atoms with Gasteiger partial charge in [0.15, 0.2) is 0 Å². The fraction of sp³-hybridized carbons (Fsp3) is 0.536. The van der Waals surface area contributed by atoms with E-state index >= 15 is 0 Å². The molecule has 0 atom stereocenters. The number of aliphatic imine (C=N–C) groups is 1. The van der Waals surface area contributed by atoms with E-state index in [-0.39, 0.29) is 17.2 Å². The molecule has 182 valence electrons. The summed E-state index contributed by atoms with van der Waals surface area (Å²) in [6.45, 7) is 10.3. The highest BCUT2D eigenvalue weighted by molar-refractivity contribution is 7.08. The first kappa shape index (κ1) is 24.6. The number of nitrogens with one attached hydrogen (secondary N) is 1. The molecule has 0 radical (unpaired) electrons. The maximum atomic E-state index is 13.6. The Morgan fingerprint density at radius 1 is 1.18 bits per heavy atom. The average molecular weight is 480 g/mol. The zero-order chi connectivity index (χ0) is 24.3. The van der Waals surface area contributed by atoms with Crippen LogP contribution in [-0.2, 0) is 11.2 Å². The lowest BCUT2D eigenvalue weighted by Gasteiger charge is -2.45. The number of benzene rings is 1. The number of nitrogens with zero attached hydrogens (tertiary/aromatic N) is 2. The number of thiophene rings is 1. The van der Waals surface area contributed by atoms with Gasteiger partial charge in [-0.25, -0.2) is 0 Å². The molecule has 6 heteroatoms. The summed E-state index contributed by atoms with van der Waals surface area (Å²) in [5.41, 5.74) is 3.23. The van der Waals surface area contributed by atoms with Gasteiger partial charge < -0.3 is 10.2 Å². The van der Waals surface area contributed by atoms with E-state index in [1.165, 1.54) is 0 Å². The van der Waals surface area contributed by atoms with Crippen molar-refractivity contribution in [2.75, 3.05) is 13.1 Å². The minimum Gasteiger partial charge on any atom is -0.352 e. The van der Waals surface area contributed by atoms with Crippen LogP contribution >= 0.6 is 11.3 Å². The molecular weight excluding hydrogens is 442 g/mol. The van der Waals surface area contributed by atoms with E-state index < -0.39 is 5.66 Å². The highest BCUT2D eigenvalue weighted by atomic mass is 32.1. The molecule has 1 N–H and O–H groups in total. The first-order valence-corrected chi connectivity index (χ1v) is 13.5. The van der Waals surface area contributed by atoms with Crippen LogP contribution in [0.5, 0.6) is 0 Å². The Balaban J connectivity index is 1.49. The van der Waals surface area contributed by atoms with E-state index in [2.05, 4.69) is 26.1 Å². The molecule has 0 saturated heterocycles. The van der Waals surface area contributed by atoms with Crippen LogP contribution in [0.3, 0.4) is 0 Å². The summed E-state index contributed by atoms with van der Waals surface area (Å²) in [5.74, 6) is 0.677. The van der Waals surface area contributed by atoms with Crippen molar-refractivity contribution in [1.82, 2.24) is 10.2 Å². The van der Waals surface area contributed by atoms with E-state index in [9.17, 15) is 9.59 Å². The van der Waals surface area contributed by atoms with Crippen LogP contribution in [0.2, 0.25) is 0 Å². The van der Waals surface area contributed by atoms with Gasteiger partial charge in [-0.3, -0.25) is 14.6 Å². The third-order valence-electron chi connectivity index (χ3n) is 7.45. The van der Waals surface area contributed by atoms with E-state index in [4.69, 9.17) is 4.99 Å². The Morgan fingerprint density at radius 2 is 1.88 bits per heavy atom. The Bertz CT molecular complexity index is 1030. The van der Waals surface area contributed by atoms with E-state index in [0.717, 1.165) is 49.7 Å². The first-order valence-electron chi connectivity index (χ1n) is 12.5. The van der Waals surface area contributed by atoms with Crippen molar-refractivity contribution in [2.45, 2.75) is 71.9 Å². The Labute approximate surface area is 207 Å². The number of carbonyl (C=O) groups is 2. The number of rotatable bonds is 7. The normalized spacial score (nSPS) is 22.8. The molecule has 2 heterocycles. The SMILES string of the molecule is CCCNC(=O)c1ccc(CCN2C(=O)C(c3ccsc3)=NC23CCC(C(C)(C)C)CC3)cc1. The molecule has 1 aromatic carbocycles. The van der Waals surface area contributed by atoms with Gasteiger partial charge in [-0.15, -0.1) is 0 Å². The van der Waals surface area contributed by atoms with E-state index in [1.54, 1.807) is 11.3 Å². The lowest BCUT2D eigenvalue weighted by molar-refractivity contribution is -0.129. The number of amides is 2. The highest BCUT2D eigenvalue weighted by Gasteiger charge is 2.49. The molecule has 2 aliphatic rings. The van der Waals surface area contributed by atoms with Crippen molar-refractivity contribution < 1.29 is 9.59 Å². The van der Waals surface area contributed by atoms with Crippen LogP contribution in [0.4, 0.5) is 0 Å². The summed E-state index contributed by atoms with van der Waals surface area (Å²) in [7, 11) is 0. The first-order chi connectivity index (χ1) is 16.2. The maximum Gasteiger partial charge on any atom is 0.274 e. The van der Waals surface area contributed by atoms with Crippen molar-refractivity contribution in [3.63, 3.8) is 0 Å². The molecule has 1 aliphatic carbocycles. The van der Waals surface area contributed by atoms with Gasteiger partial charge in [0.25, 0.3) is 11.8 Å². The van der Waals surface area contributed by atoms with Crippen LogP contribution < -0.4 is 5.32 Å². The van der Waals surface area contributed by atoms with Crippen molar-refractivity contribution in [3.8, 4) is 0 Å². The summed E-state index contributed by atoms with van der Waals surface area (Å²) in [6, 6.07) is 9.77. The van der Waals surface area contributed by atoms with Crippen LogP contribution in [0.15, 0.2) is 46.1 Å². The standard InChI is InChI=1S/C28H37N3O2S/c1-5-16-29-25(32)21-8-6-20(7-9-21)12-17-31-26(33)24(22-13-18-34-19-22)30-28(31)14-10-23(11-15-28)27(2,3)4/h6-9,13,18-19,23H,5,10-12,14-17H2,1-4H3,(H,29,32). The molecule has 5 nitrogen and oxygen atoms in total. The van der Waals surface area contributed by atoms with Crippen molar-refractivity contribution >= 4 is 28.9 Å². The van der Waals surface area contributed by atoms with E-state index in [1.807, 2.05) is 52.9 Å². The van der Waals surface area contributed by atoms with Crippen molar-refractivity contribution in [1.29, 1.82) is 0 Å². The van der Waals surface area contributed by atoms with Crippen LogP contribution in [-0.4, -0.2) is 41.2 Å². The van der Waals surface area contributed by atoms with Gasteiger partial charge in [0.1, 0.15) is 11.4 Å². The third kappa shape index (κ3) is 5.12. The second kappa shape index (κ2) is 10.0. The summed E-state index contributed by atoms with van der Waals surface area (Å²) in [4.78, 5) is 32.9. The van der Waals surface area contributed by atoms with Gasteiger partial charge in [-0.05, 0) is 79.0 Å². The van der Waals surface area contributed by atoms with Crippen molar-refractivity contribution in [3.05, 3.63) is 57.8 Å². The summed E-state index contributed by atoms with van der Waals surface area (Å²) < 4.78 is 0. The predicted octanol–water partition coefficient (Wildman–Crippen LogP) is 5.69. The van der Waals surface area contributed by atoms with Gasteiger partial charge in [-0.2, -0.15) is 11.3 Å². The zero-order valence-corrected chi connectivity index (χ0v) is 21.7. The zero-order valence-electron chi connectivity index (χ0n) is 20.9. The van der Waals surface area contributed by atoms with Gasteiger partial charge in [0.05, 0.1) is 0 Å². The van der Waals surface area contributed by atoms with Crippen LogP contribution in [0, 0.1) is 11.3 Å². The van der Waals surface area contributed by atoms with Gasteiger partial charge >= 0.3 is 0 Å². The molecule has 1 saturated carbocycles. The molecule has 34 heavy (non-hydrogen) atoms. The minimum absolute atomic E-state index is 0.0357. The molecule has 4 rings (SSSR count). The fourth-order valence-electron chi connectivity index (χ4n) is 5.26. The number of hydrogen-bond acceptors (Lipinski definition) is 4. The van der Waals surface area contributed by atoms with Gasteiger partial charge in [-0.1, -0.05) is 39.8 Å².